The van der Waals surface area contributed by atoms with Crippen molar-refractivity contribution in [1.82, 2.24) is 10.6 Å². The first kappa shape index (κ1) is 14.6. The number of fused-ring (bicyclic) bond motifs is 1. The minimum atomic E-state index is -0.156. The third-order valence-electron chi connectivity index (χ3n) is 3.71. The van der Waals surface area contributed by atoms with E-state index in [1.165, 1.54) is 42.4 Å². The molecule has 0 radical (unpaired) electrons. The maximum Gasteiger partial charge on any atom is 0.319 e. The molecule has 108 valence electrons. The molecular formula is C17H24N2O. The second-order valence-electron chi connectivity index (χ2n) is 5.80. The molecule has 2 rings (SSSR count). The monoisotopic (exact) mass is 272 g/mol. The van der Waals surface area contributed by atoms with E-state index in [1.54, 1.807) is 6.20 Å². The molecule has 0 aromatic heterocycles. The molecule has 0 spiro atoms. The van der Waals surface area contributed by atoms with Crippen LogP contribution in [0.1, 0.15) is 56.3 Å². The molecule has 1 aromatic carbocycles. The van der Waals surface area contributed by atoms with E-state index in [9.17, 15) is 4.79 Å². The smallest absolute Gasteiger partial charge is 0.319 e. The minimum Gasteiger partial charge on any atom is -0.331 e. The summed E-state index contributed by atoms with van der Waals surface area (Å²) < 4.78 is 0. The Morgan fingerprint density at radius 1 is 1.20 bits per heavy atom. The van der Waals surface area contributed by atoms with E-state index >= 15 is 0 Å². The highest BCUT2D eigenvalue weighted by Gasteiger charge is 2.13. The molecule has 0 saturated carbocycles. The number of aryl methyl sites for hydroxylation is 2. The summed E-state index contributed by atoms with van der Waals surface area (Å²) in [6.07, 6.45) is 6.65. The number of hydrogen-bond donors (Lipinski definition) is 2. The molecule has 2 amide bonds. The van der Waals surface area contributed by atoms with Crippen LogP contribution in [0.15, 0.2) is 30.0 Å². The predicted octanol–water partition coefficient (Wildman–Crippen LogP) is 3.85. The van der Waals surface area contributed by atoms with Gasteiger partial charge in [0.05, 0.1) is 6.04 Å². The number of amides is 2. The van der Waals surface area contributed by atoms with Gasteiger partial charge in [-0.15, -0.1) is 0 Å². The molecule has 1 unspecified atom stereocenters. The van der Waals surface area contributed by atoms with Crippen molar-refractivity contribution < 1.29 is 4.79 Å². The Balaban J connectivity index is 2.00. The van der Waals surface area contributed by atoms with Crippen molar-refractivity contribution in [3.8, 4) is 0 Å². The molecule has 1 aliphatic carbocycles. The molecule has 0 aliphatic heterocycles. The molecule has 0 bridgehead atoms. The van der Waals surface area contributed by atoms with Crippen LogP contribution < -0.4 is 10.6 Å². The van der Waals surface area contributed by atoms with Crippen LogP contribution in [0.25, 0.3) is 0 Å². The lowest BCUT2D eigenvalue weighted by Gasteiger charge is -2.20. The lowest BCUT2D eigenvalue weighted by atomic mass is 9.89. The first-order valence-corrected chi connectivity index (χ1v) is 7.38. The highest BCUT2D eigenvalue weighted by atomic mass is 16.2. The van der Waals surface area contributed by atoms with Gasteiger partial charge in [-0.05, 0) is 63.1 Å². The summed E-state index contributed by atoms with van der Waals surface area (Å²) in [5.41, 5.74) is 5.17. The van der Waals surface area contributed by atoms with E-state index < -0.39 is 0 Å². The van der Waals surface area contributed by atoms with Crippen LogP contribution >= 0.6 is 0 Å². The lowest BCUT2D eigenvalue weighted by Crippen LogP contribution is -2.34. The Bertz CT molecular complexity index is 516. The number of benzene rings is 1. The standard InChI is InChI=1S/C17H24N2O/c1-12(2)11-18-17(20)19-13(3)15-9-8-14-6-4-5-7-16(14)10-15/h8-11,13H,4-7H2,1-3H3,(H2,18,19,20). The average Bonchev–Trinajstić information content (AvgIpc) is 2.44. The van der Waals surface area contributed by atoms with Gasteiger partial charge >= 0.3 is 6.03 Å². The summed E-state index contributed by atoms with van der Waals surface area (Å²) >= 11 is 0. The molecule has 0 heterocycles. The van der Waals surface area contributed by atoms with Crippen LogP contribution in [0, 0.1) is 0 Å². The lowest BCUT2D eigenvalue weighted by molar-refractivity contribution is 0.241. The van der Waals surface area contributed by atoms with Gasteiger partial charge in [0.1, 0.15) is 0 Å². The van der Waals surface area contributed by atoms with E-state index in [0.29, 0.717) is 0 Å². The zero-order chi connectivity index (χ0) is 14.5. The fourth-order valence-electron chi connectivity index (χ4n) is 2.55. The third kappa shape index (κ3) is 3.86. The summed E-state index contributed by atoms with van der Waals surface area (Å²) in [5.74, 6) is 0. The van der Waals surface area contributed by atoms with Gasteiger partial charge in [0.2, 0.25) is 0 Å². The SMILES string of the molecule is CC(C)=CNC(=O)NC(C)c1ccc2c(c1)CCCC2. The second kappa shape index (κ2) is 6.60. The molecule has 3 nitrogen and oxygen atoms in total. The summed E-state index contributed by atoms with van der Waals surface area (Å²) in [4.78, 5) is 11.8. The molecule has 3 heteroatoms. The van der Waals surface area contributed by atoms with Crippen LogP contribution in [-0.2, 0) is 12.8 Å². The minimum absolute atomic E-state index is 0.0211. The predicted molar refractivity (Wildman–Crippen MR) is 82.6 cm³/mol. The molecule has 1 aliphatic rings. The zero-order valence-corrected chi connectivity index (χ0v) is 12.6. The largest absolute Gasteiger partial charge is 0.331 e. The van der Waals surface area contributed by atoms with E-state index in [0.717, 1.165) is 5.57 Å². The van der Waals surface area contributed by atoms with Gasteiger partial charge in [-0.3, -0.25) is 0 Å². The van der Waals surface area contributed by atoms with Crippen molar-refractivity contribution in [3.63, 3.8) is 0 Å². The number of urea groups is 1. The van der Waals surface area contributed by atoms with Gasteiger partial charge in [0.15, 0.2) is 0 Å². The fraction of sp³-hybridized carbons (Fsp3) is 0.471. The zero-order valence-electron chi connectivity index (χ0n) is 12.6. The van der Waals surface area contributed by atoms with Crippen LogP contribution in [0.4, 0.5) is 4.79 Å². The maximum absolute atomic E-state index is 11.8. The Labute approximate surface area is 121 Å². The van der Waals surface area contributed by atoms with Crippen molar-refractivity contribution in [2.24, 2.45) is 0 Å². The van der Waals surface area contributed by atoms with Gasteiger partial charge in [-0.25, -0.2) is 4.79 Å². The molecular weight excluding hydrogens is 248 g/mol. The van der Waals surface area contributed by atoms with Gasteiger partial charge in [-0.1, -0.05) is 23.8 Å². The molecule has 0 saturated heterocycles. The van der Waals surface area contributed by atoms with Crippen molar-refractivity contribution in [2.45, 2.75) is 52.5 Å². The van der Waals surface area contributed by atoms with Crippen LogP contribution in [0.2, 0.25) is 0 Å². The Hall–Kier alpha value is -1.77. The topological polar surface area (TPSA) is 41.1 Å². The normalized spacial score (nSPS) is 14.9. The van der Waals surface area contributed by atoms with Gasteiger partial charge in [0.25, 0.3) is 0 Å². The highest BCUT2D eigenvalue weighted by Crippen LogP contribution is 2.24. The third-order valence-corrected chi connectivity index (χ3v) is 3.71. The molecule has 20 heavy (non-hydrogen) atoms. The van der Waals surface area contributed by atoms with Crippen molar-refractivity contribution in [3.05, 3.63) is 46.7 Å². The Kier molecular flexibility index (Phi) is 4.83. The van der Waals surface area contributed by atoms with Crippen molar-refractivity contribution >= 4 is 6.03 Å². The summed E-state index contributed by atoms with van der Waals surface area (Å²) in [7, 11) is 0. The number of nitrogens with one attached hydrogen (secondary N) is 2. The summed E-state index contributed by atoms with van der Waals surface area (Å²) in [5, 5.41) is 5.70. The number of carbonyl (C=O) groups excluding carboxylic acids is 1. The van der Waals surface area contributed by atoms with Gasteiger partial charge < -0.3 is 10.6 Å². The van der Waals surface area contributed by atoms with Gasteiger partial charge in [-0.2, -0.15) is 0 Å². The van der Waals surface area contributed by atoms with Crippen LogP contribution in [0.5, 0.6) is 0 Å². The van der Waals surface area contributed by atoms with Gasteiger partial charge in [0, 0.05) is 6.20 Å². The van der Waals surface area contributed by atoms with E-state index in [1.807, 2.05) is 20.8 Å². The van der Waals surface area contributed by atoms with E-state index in [4.69, 9.17) is 0 Å². The Morgan fingerprint density at radius 3 is 2.60 bits per heavy atom. The Morgan fingerprint density at radius 2 is 1.90 bits per heavy atom. The number of rotatable bonds is 3. The van der Waals surface area contributed by atoms with Crippen molar-refractivity contribution in [1.29, 1.82) is 0 Å². The quantitative estimate of drug-likeness (QED) is 0.862. The molecule has 0 fully saturated rings. The fourth-order valence-corrected chi connectivity index (χ4v) is 2.55. The van der Waals surface area contributed by atoms with Crippen LogP contribution in [0.3, 0.4) is 0 Å². The maximum atomic E-state index is 11.8. The number of carbonyl (C=O) groups is 1. The molecule has 1 aromatic rings. The number of hydrogen-bond acceptors (Lipinski definition) is 1. The molecule has 2 N–H and O–H groups in total. The summed E-state index contributed by atoms with van der Waals surface area (Å²) in [6, 6.07) is 6.47. The number of allylic oxidation sites excluding steroid dienone is 1. The second-order valence-corrected chi connectivity index (χ2v) is 5.80. The van der Waals surface area contributed by atoms with Crippen molar-refractivity contribution in [2.75, 3.05) is 0 Å². The average molecular weight is 272 g/mol. The van der Waals surface area contributed by atoms with E-state index in [2.05, 4.69) is 28.8 Å². The highest BCUT2D eigenvalue weighted by molar-refractivity contribution is 5.75. The van der Waals surface area contributed by atoms with E-state index in [-0.39, 0.29) is 12.1 Å². The summed E-state index contributed by atoms with van der Waals surface area (Å²) in [6.45, 7) is 5.92. The van der Waals surface area contributed by atoms with Crippen LogP contribution in [-0.4, -0.2) is 6.03 Å². The first-order chi connectivity index (χ1) is 9.56. The molecule has 1 atom stereocenters. The first-order valence-electron chi connectivity index (χ1n) is 7.38.